The molecule has 164 valence electrons. The first-order valence-electron chi connectivity index (χ1n) is 9.94. The fourth-order valence-electron chi connectivity index (χ4n) is 2.90. The van der Waals surface area contributed by atoms with E-state index in [1.165, 1.54) is 0 Å². The number of rotatable bonds is 10. The van der Waals surface area contributed by atoms with Crippen LogP contribution in [0.25, 0.3) is 11.3 Å². The lowest BCUT2D eigenvalue weighted by atomic mass is 10.1. The number of halogens is 1. The van der Waals surface area contributed by atoms with Gasteiger partial charge in [0.25, 0.3) is 0 Å². The number of aryl methyl sites for hydroxylation is 1. The third-order valence-electron chi connectivity index (χ3n) is 4.36. The Bertz CT molecular complexity index is 1040. The van der Waals surface area contributed by atoms with Gasteiger partial charge in [0.2, 0.25) is 5.91 Å². The molecule has 0 saturated heterocycles. The van der Waals surface area contributed by atoms with E-state index in [-0.39, 0.29) is 25.5 Å². The van der Waals surface area contributed by atoms with Crippen molar-refractivity contribution in [3.63, 3.8) is 0 Å². The highest BCUT2D eigenvalue weighted by molar-refractivity contribution is 7.62. The van der Waals surface area contributed by atoms with Crippen molar-refractivity contribution in [3.05, 3.63) is 65.3 Å². The average Bonchev–Trinajstić information content (AvgIpc) is 3.23. The van der Waals surface area contributed by atoms with E-state index in [0.717, 1.165) is 5.56 Å². The topological polar surface area (TPSA) is 90.7 Å². The van der Waals surface area contributed by atoms with Crippen LogP contribution in [0.1, 0.15) is 26.0 Å². The van der Waals surface area contributed by atoms with Gasteiger partial charge in [0.05, 0.1) is 24.2 Å². The van der Waals surface area contributed by atoms with Crippen molar-refractivity contribution in [2.24, 2.45) is 0 Å². The molecule has 0 spiro atoms. The third kappa shape index (κ3) is 6.28. The van der Waals surface area contributed by atoms with E-state index in [9.17, 15) is 9.36 Å². The lowest BCUT2D eigenvalue weighted by Crippen LogP contribution is -2.14. The molecule has 0 atom stereocenters. The Morgan fingerprint density at radius 3 is 2.32 bits per heavy atom. The van der Waals surface area contributed by atoms with Crippen molar-refractivity contribution >= 4 is 36.1 Å². The van der Waals surface area contributed by atoms with Crippen LogP contribution in [0.3, 0.4) is 0 Å². The second kappa shape index (κ2) is 10.7. The fourth-order valence-corrected chi connectivity index (χ4v) is 4.59. The number of anilines is 1. The van der Waals surface area contributed by atoms with E-state index in [2.05, 4.69) is 10.5 Å². The molecule has 31 heavy (non-hydrogen) atoms. The third-order valence-corrected chi connectivity index (χ3v) is 6.74. The normalized spacial score (nSPS) is 11.5. The summed E-state index contributed by atoms with van der Waals surface area (Å²) in [6.07, 6.45) is 0.676. The quantitative estimate of drug-likeness (QED) is 0.402. The molecular weight excluding hydrogens is 439 g/mol. The molecule has 1 heterocycles. The second-order valence-corrected chi connectivity index (χ2v) is 9.08. The van der Waals surface area contributed by atoms with Gasteiger partial charge < -0.3 is 18.9 Å². The maximum atomic E-state index is 12.8. The van der Waals surface area contributed by atoms with E-state index in [1.54, 1.807) is 50.2 Å². The Labute approximate surface area is 186 Å². The minimum atomic E-state index is -3.34. The molecule has 0 radical (unpaired) electrons. The molecule has 1 N–H and O–H groups in total. The molecular formula is C22H24ClN2O5P. The number of aromatic nitrogens is 1. The summed E-state index contributed by atoms with van der Waals surface area (Å²) in [5.41, 5.74) is 2.14. The largest absolute Gasteiger partial charge is 0.361 e. The molecule has 1 aromatic heterocycles. The summed E-state index contributed by atoms with van der Waals surface area (Å²) in [5, 5.41) is 7.93. The second-order valence-electron chi connectivity index (χ2n) is 6.62. The summed E-state index contributed by atoms with van der Waals surface area (Å²) >= 11 is 5.90. The van der Waals surface area contributed by atoms with Gasteiger partial charge in [-0.25, -0.2) is 0 Å². The summed E-state index contributed by atoms with van der Waals surface area (Å²) in [7, 11) is -3.34. The first-order valence-corrected chi connectivity index (χ1v) is 11.9. The maximum Gasteiger partial charge on any atom is 0.361 e. The highest BCUT2D eigenvalue weighted by Crippen LogP contribution is 2.46. The van der Waals surface area contributed by atoms with Gasteiger partial charge in [-0.2, -0.15) is 0 Å². The highest BCUT2D eigenvalue weighted by atomic mass is 35.5. The molecule has 0 bridgehead atoms. The number of benzene rings is 2. The molecule has 0 aliphatic rings. The zero-order valence-electron chi connectivity index (χ0n) is 17.3. The van der Waals surface area contributed by atoms with Crippen LogP contribution in [-0.4, -0.2) is 24.3 Å². The zero-order valence-corrected chi connectivity index (χ0v) is 19.0. The van der Waals surface area contributed by atoms with Gasteiger partial charge in [-0.3, -0.25) is 9.36 Å². The average molecular weight is 463 g/mol. The Morgan fingerprint density at radius 1 is 1.06 bits per heavy atom. The fraction of sp³-hybridized carbons (Fsp3) is 0.273. The van der Waals surface area contributed by atoms with Crippen molar-refractivity contribution in [1.82, 2.24) is 5.16 Å². The molecule has 9 heteroatoms. The van der Waals surface area contributed by atoms with Crippen LogP contribution >= 0.6 is 19.2 Å². The van der Waals surface area contributed by atoms with Gasteiger partial charge in [0.15, 0.2) is 5.76 Å². The smallest absolute Gasteiger partial charge is 0.356 e. The van der Waals surface area contributed by atoms with Crippen molar-refractivity contribution in [1.29, 1.82) is 0 Å². The molecule has 2 aromatic carbocycles. The summed E-state index contributed by atoms with van der Waals surface area (Å²) in [5.74, 6) is 0.456. The predicted molar refractivity (Wildman–Crippen MR) is 121 cm³/mol. The summed E-state index contributed by atoms with van der Waals surface area (Å²) < 4.78 is 28.8. The minimum absolute atomic E-state index is 0.165. The number of hydrogen-bond acceptors (Lipinski definition) is 6. The summed E-state index contributed by atoms with van der Waals surface area (Å²) in [6.45, 7) is 4.07. The van der Waals surface area contributed by atoms with Crippen molar-refractivity contribution in [2.75, 3.05) is 18.5 Å². The molecule has 3 aromatic rings. The van der Waals surface area contributed by atoms with E-state index in [0.29, 0.717) is 33.9 Å². The van der Waals surface area contributed by atoms with Crippen molar-refractivity contribution in [2.45, 2.75) is 26.7 Å². The van der Waals surface area contributed by atoms with Crippen LogP contribution in [0.2, 0.25) is 5.02 Å². The summed E-state index contributed by atoms with van der Waals surface area (Å²) in [4.78, 5) is 12.3. The predicted octanol–water partition coefficient (Wildman–Crippen LogP) is 5.46. The Kier molecular flexibility index (Phi) is 8.04. The van der Waals surface area contributed by atoms with E-state index >= 15 is 0 Å². The maximum absolute atomic E-state index is 12.8. The minimum Gasteiger partial charge on any atom is -0.356 e. The Balaban J connectivity index is 1.55. The molecule has 0 aliphatic heterocycles. The van der Waals surface area contributed by atoms with Gasteiger partial charge in [-0.05, 0) is 62.4 Å². The van der Waals surface area contributed by atoms with Gasteiger partial charge in [0, 0.05) is 35.2 Å². The molecule has 0 fully saturated rings. The lowest BCUT2D eigenvalue weighted by molar-refractivity contribution is -0.116. The van der Waals surface area contributed by atoms with Crippen LogP contribution in [0.5, 0.6) is 0 Å². The van der Waals surface area contributed by atoms with Crippen LogP contribution in [-0.2, 0) is 24.8 Å². The van der Waals surface area contributed by atoms with Gasteiger partial charge in [0.1, 0.15) is 0 Å². The van der Waals surface area contributed by atoms with Gasteiger partial charge >= 0.3 is 7.60 Å². The SMILES string of the molecule is CCOP(=O)(OCC)c1ccc(NC(=O)CCc2cc(-c3ccc(Cl)cc3)on2)cc1. The lowest BCUT2D eigenvalue weighted by Gasteiger charge is -2.17. The zero-order chi connectivity index (χ0) is 22.3. The first-order chi connectivity index (χ1) is 14.9. The van der Waals surface area contributed by atoms with Crippen molar-refractivity contribution < 1.29 is 22.9 Å². The van der Waals surface area contributed by atoms with E-state index < -0.39 is 7.60 Å². The molecule has 3 rings (SSSR count). The first kappa shape index (κ1) is 23.2. The van der Waals surface area contributed by atoms with Gasteiger partial charge in [-0.1, -0.05) is 16.8 Å². The van der Waals surface area contributed by atoms with Gasteiger partial charge in [-0.15, -0.1) is 0 Å². The number of nitrogens with one attached hydrogen (secondary N) is 1. The Morgan fingerprint density at radius 2 is 1.71 bits per heavy atom. The number of nitrogens with zero attached hydrogens (tertiary/aromatic N) is 1. The monoisotopic (exact) mass is 462 g/mol. The van der Waals surface area contributed by atoms with Crippen LogP contribution in [0.15, 0.2) is 59.1 Å². The van der Waals surface area contributed by atoms with Crippen LogP contribution in [0, 0.1) is 0 Å². The molecule has 7 nitrogen and oxygen atoms in total. The molecule has 0 saturated carbocycles. The molecule has 1 amide bonds. The van der Waals surface area contributed by atoms with E-state index in [4.69, 9.17) is 25.2 Å². The molecule has 0 aliphatic carbocycles. The number of carbonyl (C=O) groups is 1. The standard InChI is InChI=1S/C22H24ClN2O5P/c1-3-28-31(27,29-4-2)20-12-9-18(10-13-20)24-22(26)14-11-19-15-21(30-25-19)16-5-7-17(23)8-6-16/h5-10,12-13,15H,3-4,11,14H2,1-2H3,(H,24,26). The number of amides is 1. The van der Waals surface area contributed by atoms with Crippen LogP contribution in [0.4, 0.5) is 5.69 Å². The summed E-state index contributed by atoms with van der Waals surface area (Å²) in [6, 6.07) is 15.7. The number of hydrogen-bond donors (Lipinski definition) is 1. The number of carbonyl (C=O) groups excluding carboxylic acids is 1. The van der Waals surface area contributed by atoms with E-state index in [1.807, 2.05) is 18.2 Å². The molecule has 0 unspecified atom stereocenters. The Hall–Kier alpha value is -2.44. The van der Waals surface area contributed by atoms with Crippen molar-refractivity contribution in [3.8, 4) is 11.3 Å². The van der Waals surface area contributed by atoms with Crippen LogP contribution < -0.4 is 10.6 Å². The highest BCUT2D eigenvalue weighted by Gasteiger charge is 2.26.